The molecule has 0 spiro atoms. The molecule has 0 N–H and O–H groups in total. The van der Waals surface area contributed by atoms with Gasteiger partial charge in [-0.15, -0.1) is 0 Å². The van der Waals surface area contributed by atoms with E-state index in [1.807, 2.05) is 13.8 Å². The summed E-state index contributed by atoms with van der Waals surface area (Å²) in [4.78, 5) is 24.4. The third-order valence-electron chi connectivity index (χ3n) is 5.47. The molecule has 1 heterocycles. The maximum atomic E-state index is 12.9. The van der Waals surface area contributed by atoms with Crippen LogP contribution in [0.25, 0.3) is 0 Å². The molecule has 31 heavy (non-hydrogen) atoms. The highest BCUT2D eigenvalue weighted by Gasteiger charge is 2.32. The van der Waals surface area contributed by atoms with Gasteiger partial charge in [0.05, 0.1) is 16.4 Å². The van der Waals surface area contributed by atoms with Crippen LogP contribution in [0.5, 0.6) is 0 Å². The van der Waals surface area contributed by atoms with E-state index in [-0.39, 0.29) is 43.1 Å². The lowest BCUT2D eigenvalue weighted by Crippen LogP contribution is -2.40. The van der Waals surface area contributed by atoms with Gasteiger partial charge in [0.2, 0.25) is 10.0 Å². The molecule has 7 nitrogen and oxygen atoms in total. The van der Waals surface area contributed by atoms with Crippen LogP contribution >= 0.6 is 0 Å². The van der Waals surface area contributed by atoms with E-state index < -0.39 is 16.0 Å². The van der Waals surface area contributed by atoms with Gasteiger partial charge in [0, 0.05) is 13.1 Å². The highest BCUT2D eigenvalue weighted by molar-refractivity contribution is 7.89. The normalized spacial score (nSPS) is 15.4. The lowest BCUT2D eigenvalue weighted by molar-refractivity contribution is -0.150. The maximum absolute atomic E-state index is 12.9. The van der Waals surface area contributed by atoms with Gasteiger partial charge in [-0.05, 0) is 62.1 Å². The molecule has 0 amide bonds. The smallest absolute Gasteiger partial charge is 0.338 e. The van der Waals surface area contributed by atoms with Gasteiger partial charge >= 0.3 is 11.9 Å². The van der Waals surface area contributed by atoms with Crippen LogP contribution < -0.4 is 0 Å². The average Bonchev–Trinajstić information content (AvgIpc) is 2.78. The Balaban J connectivity index is 1.44. The Morgan fingerprint density at radius 1 is 0.935 bits per heavy atom. The number of hydrogen-bond acceptors (Lipinski definition) is 6. The minimum absolute atomic E-state index is 0.0283. The summed E-state index contributed by atoms with van der Waals surface area (Å²) in [5, 5.41) is 0. The van der Waals surface area contributed by atoms with Crippen molar-refractivity contribution in [2.75, 3.05) is 26.3 Å². The van der Waals surface area contributed by atoms with Gasteiger partial charge in [-0.3, -0.25) is 4.79 Å². The van der Waals surface area contributed by atoms with Crippen molar-refractivity contribution >= 4 is 22.0 Å². The second-order valence-corrected chi connectivity index (χ2v) is 9.53. The molecule has 2 aromatic carbocycles. The molecule has 0 aromatic heterocycles. The molecule has 0 bridgehead atoms. The van der Waals surface area contributed by atoms with Crippen LogP contribution in [0.15, 0.2) is 53.4 Å². The molecular formula is C23H27NO6S. The number of hydrogen-bond donors (Lipinski definition) is 0. The number of carbonyl (C=O) groups is 2. The van der Waals surface area contributed by atoms with Crippen molar-refractivity contribution < 1.29 is 27.5 Å². The summed E-state index contributed by atoms with van der Waals surface area (Å²) in [5.74, 6) is -1.23. The van der Waals surface area contributed by atoms with Gasteiger partial charge in [-0.25, -0.2) is 13.2 Å². The van der Waals surface area contributed by atoms with E-state index in [0.29, 0.717) is 18.4 Å². The number of esters is 2. The van der Waals surface area contributed by atoms with Crippen LogP contribution in [0.1, 0.15) is 34.3 Å². The Kier molecular flexibility index (Phi) is 7.46. The lowest BCUT2D eigenvalue weighted by atomic mass is 9.98. The molecule has 0 radical (unpaired) electrons. The highest BCUT2D eigenvalue weighted by atomic mass is 32.2. The molecule has 0 unspecified atom stereocenters. The van der Waals surface area contributed by atoms with Crippen molar-refractivity contribution in [2.24, 2.45) is 5.92 Å². The molecule has 166 valence electrons. The van der Waals surface area contributed by atoms with Crippen LogP contribution in [-0.2, 0) is 24.3 Å². The maximum Gasteiger partial charge on any atom is 0.338 e. The number of benzene rings is 2. The summed E-state index contributed by atoms with van der Waals surface area (Å²) in [5.41, 5.74) is 2.40. The zero-order chi connectivity index (χ0) is 22.4. The van der Waals surface area contributed by atoms with Crippen LogP contribution in [-0.4, -0.2) is 51.0 Å². The number of carbonyl (C=O) groups excluding carboxylic acids is 2. The Hall–Kier alpha value is -2.71. The summed E-state index contributed by atoms with van der Waals surface area (Å²) >= 11 is 0. The molecule has 1 aliphatic heterocycles. The first-order valence-electron chi connectivity index (χ1n) is 10.3. The van der Waals surface area contributed by atoms with E-state index in [1.54, 1.807) is 48.5 Å². The molecule has 0 aliphatic carbocycles. The van der Waals surface area contributed by atoms with Crippen molar-refractivity contribution in [1.29, 1.82) is 0 Å². The zero-order valence-electron chi connectivity index (χ0n) is 17.7. The van der Waals surface area contributed by atoms with E-state index in [4.69, 9.17) is 9.47 Å². The van der Waals surface area contributed by atoms with E-state index in [0.717, 1.165) is 11.1 Å². The second kappa shape index (κ2) is 10.1. The molecule has 3 rings (SSSR count). The molecular weight excluding hydrogens is 418 g/mol. The highest BCUT2D eigenvalue weighted by Crippen LogP contribution is 2.25. The van der Waals surface area contributed by atoms with Crippen LogP contribution in [0.2, 0.25) is 0 Å². The van der Waals surface area contributed by atoms with Gasteiger partial charge < -0.3 is 9.47 Å². The number of rotatable bonds is 7. The van der Waals surface area contributed by atoms with Crippen molar-refractivity contribution in [2.45, 2.75) is 31.6 Å². The monoisotopic (exact) mass is 445 g/mol. The van der Waals surface area contributed by atoms with E-state index in [2.05, 4.69) is 0 Å². The molecule has 2 aromatic rings. The first-order valence-corrected chi connectivity index (χ1v) is 11.7. The quantitative estimate of drug-likeness (QED) is 0.481. The van der Waals surface area contributed by atoms with Gasteiger partial charge in [0.1, 0.15) is 13.2 Å². The van der Waals surface area contributed by atoms with Crippen molar-refractivity contribution in [1.82, 2.24) is 4.31 Å². The standard InChI is InChI=1S/C23H27NO6S/c1-17-8-9-21(16-18(17)2)31(27,28)24-12-10-20(11-13-24)23(26)30-15-14-29-22(25)19-6-4-3-5-7-19/h3-9,16,20H,10-15H2,1-2H3. The number of ether oxygens (including phenoxy) is 2. The Labute approximate surface area is 183 Å². The van der Waals surface area contributed by atoms with Crippen LogP contribution in [0.4, 0.5) is 0 Å². The average molecular weight is 446 g/mol. The Morgan fingerprint density at radius 3 is 2.23 bits per heavy atom. The Bertz CT molecular complexity index is 1030. The largest absolute Gasteiger partial charge is 0.462 e. The van der Waals surface area contributed by atoms with Gasteiger partial charge in [0.25, 0.3) is 0 Å². The molecule has 8 heteroatoms. The molecule has 0 saturated carbocycles. The first kappa shape index (κ1) is 23.0. The number of sulfonamides is 1. The third-order valence-corrected chi connectivity index (χ3v) is 7.37. The van der Waals surface area contributed by atoms with Crippen LogP contribution in [0.3, 0.4) is 0 Å². The fourth-order valence-electron chi connectivity index (χ4n) is 3.41. The van der Waals surface area contributed by atoms with E-state index in [1.165, 1.54) is 4.31 Å². The SMILES string of the molecule is Cc1ccc(S(=O)(=O)N2CCC(C(=O)OCCOC(=O)c3ccccc3)CC2)cc1C. The topological polar surface area (TPSA) is 90.0 Å². The minimum atomic E-state index is -3.58. The van der Waals surface area contributed by atoms with Crippen molar-refractivity contribution in [3.63, 3.8) is 0 Å². The molecule has 1 saturated heterocycles. The first-order chi connectivity index (χ1) is 14.8. The zero-order valence-corrected chi connectivity index (χ0v) is 18.6. The van der Waals surface area contributed by atoms with Gasteiger partial charge in [0.15, 0.2) is 0 Å². The van der Waals surface area contributed by atoms with Crippen molar-refractivity contribution in [3.05, 3.63) is 65.2 Å². The lowest BCUT2D eigenvalue weighted by Gasteiger charge is -2.30. The summed E-state index contributed by atoms with van der Waals surface area (Å²) < 4.78 is 37.5. The van der Waals surface area contributed by atoms with Gasteiger partial charge in [-0.1, -0.05) is 24.3 Å². The van der Waals surface area contributed by atoms with Crippen molar-refractivity contribution in [3.8, 4) is 0 Å². The summed E-state index contributed by atoms with van der Waals surface area (Å²) in [6.45, 7) is 4.28. The van der Waals surface area contributed by atoms with E-state index in [9.17, 15) is 18.0 Å². The number of aryl methyl sites for hydroxylation is 2. The predicted octanol–water partition coefficient (Wildman–Crippen LogP) is 3.10. The fraction of sp³-hybridized carbons (Fsp3) is 0.391. The summed E-state index contributed by atoms with van der Waals surface area (Å²) in [6, 6.07) is 13.7. The molecule has 0 atom stereocenters. The Morgan fingerprint density at radius 2 is 1.58 bits per heavy atom. The fourth-order valence-corrected chi connectivity index (χ4v) is 4.96. The number of nitrogens with zero attached hydrogens (tertiary/aromatic N) is 1. The summed E-state index contributed by atoms with van der Waals surface area (Å²) in [6.07, 6.45) is 0.791. The molecule has 1 fully saturated rings. The molecule has 1 aliphatic rings. The van der Waals surface area contributed by atoms with E-state index >= 15 is 0 Å². The van der Waals surface area contributed by atoms with Crippen LogP contribution in [0, 0.1) is 19.8 Å². The third kappa shape index (κ3) is 5.71. The predicted molar refractivity (Wildman–Crippen MR) is 115 cm³/mol. The minimum Gasteiger partial charge on any atom is -0.462 e. The second-order valence-electron chi connectivity index (χ2n) is 7.59. The number of piperidine rings is 1. The summed E-state index contributed by atoms with van der Waals surface area (Å²) in [7, 11) is -3.58. The van der Waals surface area contributed by atoms with Gasteiger partial charge in [-0.2, -0.15) is 4.31 Å².